The molecule has 3 nitrogen and oxygen atoms in total. The van der Waals surface area contributed by atoms with E-state index >= 15 is 0 Å². The summed E-state index contributed by atoms with van der Waals surface area (Å²) in [6.07, 6.45) is 3.79. The first kappa shape index (κ1) is 10.8. The number of ether oxygens (including phenoxy) is 1. The highest BCUT2D eigenvalue weighted by Crippen LogP contribution is 2.25. The van der Waals surface area contributed by atoms with E-state index < -0.39 is 0 Å². The van der Waals surface area contributed by atoms with Crippen LogP contribution in [-0.4, -0.2) is 9.78 Å². The van der Waals surface area contributed by atoms with Gasteiger partial charge in [-0.15, -0.1) is 0 Å². The lowest BCUT2D eigenvalue weighted by molar-refractivity contribution is 0.310. The van der Waals surface area contributed by atoms with Crippen LogP contribution in [0.5, 0.6) is 5.75 Å². The number of fused-ring (bicyclic) bond motifs is 1. The molecule has 0 amide bonds. The van der Waals surface area contributed by atoms with E-state index in [0.717, 1.165) is 16.7 Å². The van der Waals surface area contributed by atoms with Gasteiger partial charge < -0.3 is 4.74 Å². The van der Waals surface area contributed by atoms with Crippen LogP contribution in [0.25, 0.3) is 10.8 Å². The molecule has 2 aromatic carbocycles. The average Bonchev–Trinajstić information content (AvgIpc) is 2.82. The molecule has 0 saturated carbocycles. The van der Waals surface area contributed by atoms with Gasteiger partial charge in [0, 0.05) is 24.2 Å². The third kappa shape index (κ3) is 2.07. The number of aryl methyl sites for hydroxylation is 1. The summed E-state index contributed by atoms with van der Waals surface area (Å²) in [5.41, 5.74) is 1.07. The SMILES string of the molecule is Cn1cc(COc2cccc3ccccc23)cn1. The number of hydrogen-bond donors (Lipinski definition) is 0. The highest BCUT2D eigenvalue weighted by molar-refractivity contribution is 5.88. The van der Waals surface area contributed by atoms with Gasteiger partial charge in [0.05, 0.1) is 6.20 Å². The average molecular weight is 238 g/mol. The standard InChI is InChI=1S/C15H14N2O/c1-17-10-12(9-16-17)11-18-15-8-4-6-13-5-2-3-7-14(13)15/h2-10H,11H2,1H3. The summed E-state index contributed by atoms with van der Waals surface area (Å²) >= 11 is 0. The molecule has 0 saturated heterocycles. The summed E-state index contributed by atoms with van der Waals surface area (Å²) in [5.74, 6) is 0.914. The van der Waals surface area contributed by atoms with Crippen molar-refractivity contribution in [2.24, 2.45) is 7.05 Å². The molecule has 0 radical (unpaired) electrons. The first-order chi connectivity index (χ1) is 8.83. The van der Waals surface area contributed by atoms with Gasteiger partial charge in [-0.2, -0.15) is 5.10 Å². The van der Waals surface area contributed by atoms with Gasteiger partial charge in [-0.05, 0) is 11.5 Å². The van der Waals surface area contributed by atoms with Gasteiger partial charge in [-0.3, -0.25) is 4.68 Å². The van der Waals surface area contributed by atoms with Gasteiger partial charge in [0.2, 0.25) is 0 Å². The molecule has 90 valence electrons. The molecular formula is C15H14N2O. The molecule has 0 fully saturated rings. The van der Waals surface area contributed by atoms with E-state index in [9.17, 15) is 0 Å². The van der Waals surface area contributed by atoms with Crippen molar-refractivity contribution in [2.75, 3.05) is 0 Å². The van der Waals surface area contributed by atoms with Crippen molar-refractivity contribution in [1.29, 1.82) is 0 Å². The van der Waals surface area contributed by atoms with Gasteiger partial charge in [-0.1, -0.05) is 36.4 Å². The summed E-state index contributed by atoms with van der Waals surface area (Å²) in [5, 5.41) is 6.47. The minimum atomic E-state index is 0.543. The van der Waals surface area contributed by atoms with E-state index in [1.54, 1.807) is 4.68 Å². The second-order valence-electron chi connectivity index (χ2n) is 4.29. The van der Waals surface area contributed by atoms with Gasteiger partial charge >= 0.3 is 0 Å². The zero-order chi connectivity index (χ0) is 12.4. The number of rotatable bonds is 3. The highest BCUT2D eigenvalue weighted by Gasteiger charge is 2.02. The van der Waals surface area contributed by atoms with Crippen LogP contribution in [0.1, 0.15) is 5.56 Å². The minimum Gasteiger partial charge on any atom is -0.488 e. The molecule has 0 aliphatic rings. The predicted octanol–water partition coefficient (Wildman–Crippen LogP) is 3.15. The fourth-order valence-corrected chi connectivity index (χ4v) is 2.03. The maximum atomic E-state index is 5.87. The smallest absolute Gasteiger partial charge is 0.127 e. The van der Waals surface area contributed by atoms with Gasteiger partial charge in [0.25, 0.3) is 0 Å². The molecule has 3 aromatic rings. The van der Waals surface area contributed by atoms with Crippen molar-refractivity contribution in [3.8, 4) is 5.75 Å². The first-order valence-corrected chi connectivity index (χ1v) is 5.91. The molecule has 0 spiro atoms. The Morgan fingerprint density at radius 2 is 1.94 bits per heavy atom. The Morgan fingerprint density at radius 1 is 1.11 bits per heavy atom. The first-order valence-electron chi connectivity index (χ1n) is 5.91. The fraction of sp³-hybridized carbons (Fsp3) is 0.133. The van der Waals surface area contributed by atoms with Crippen molar-refractivity contribution in [3.05, 3.63) is 60.4 Å². The lowest BCUT2D eigenvalue weighted by Gasteiger charge is -2.08. The van der Waals surface area contributed by atoms with Gasteiger partial charge in [0.15, 0.2) is 0 Å². The number of nitrogens with zero attached hydrogens (tertiary/aromatic N) is 2. The Kier molecular flexibility index (Phi) is 2.73. The Bertz CT molecular complexity index is 668. The van der Waals surface area contributed by atoms with Crippen molar-refractivity contribution in [3.63, 3.8) is 0 Å². The van der Waals surface area contributed by atoms with Crippen LogP contribution >= 0.6 is 0 Å². The molecule has 1 heterocycles. The van der Waals surface area contributed by atoms with Crippen molar-refractivity contribution < 1.29 is 4.74 Å². The van der Waals surface area contributed by atoms with Crippen LogP contribution in [0.15, 0.2) is 54.9 Å². The fourth-order valence-electron chi connectivity index (χ4n) is 2.03. The summed E-state index contributed by atoms with van der Waals surface area (Å²) in [6.45, 7) is 0.543. The highest BCUT2D eigenvalue weighted by atomic mass is 16.5. The summed E-state index contributed by atoms with van der Waals surface area (Å²) in [7, 11) is 1.90. The third-order valence-corrected chi connectivity index (χ3v) is 2.90. The van der Waals surface area contributed by atoms with Crippen LogP contribution in [0.2, 0.25) is 0 Å². The topological polar surface area (TPSA) is 27.1 Å². The van der Waals surface area contributed by atoms with Gasteiger partial charge in [0.1, 0.15) is 12.4 Å². The number of aromatic nitrogens is 2. The Morgan fingerprint density at radius 3 is 2.78 bits per heavy atom. The molecule has 0 atom stereocenters. The molecule has 0 bridgehead atoms. The molecule has 0 unspecified atom stereocenters. The molecule has 0 aliphatic carbocycles. The number of hydrogen-bond acceptors (Lipinski definition) is 2. The van der Waals surface area contributed by atoms with E-state index in [1.165, 1.54) is 5.39 Å². The van der Waals surface area contributed by atoms with Crippen LogP contribution in [0, 0.1) is 0 Å². The summed E-state index contributed by atoms with van der Waals surface area (Å²) in [6, 6.07) is 14.3. The second kappa shape index (κ2) is 4.53. The van der Waals surface area contributed by atoms with E-state index in [2.05, 4.69) is 23.3 Å². The van der Waals surface area contributed by atoms with Crippen LogP contribution in [0.3, 0.4) is 0 Å². The molecule has 3 heteroatoms. The van der Waals surface area contributed by atoms with Crippen molar-refractivity contribution >= 4 is 10.8 Å². The normalized spacial score (nSPS) is 10.7. The van der Waals surface area contributed by atoms with Crippen LogP contribution in [-0.2, 0) is 13.7 Å². The molecule has 0 N–H and O–H groups in total. The zero-order valence-electron chi connectivity index (χ0n) is 10.2. The van der Waals surface area contributed by atoms with Crippen LogP contribution in [0.4, 0.5) is 0 Å². The van der Waals surface area contributed by atoms with Crippen molar-refractivity contribution in [2.45, 2.75) is 6.61 Å². The lowest BCUT2D eigenvalue weighted by Crippen LogP contribution is -1.94. The maximum absolute atomic E-state index is 5.87. The molecule has 18 heavy (non-hydrogen) atoms. The molecule has 0 aliphatic heterocycles. The predicted molar refractivity (Wildman–Crippen MR) is 71.5 cm³/mol. The minimum absolute atomic E-state index is 0.543. The van der Waals surface area contributed by atoms with E-state index in [0.29, 0.717) is 6.61 Å². The summed E-state index contributed by atoms with van der Waals surface area (Å²) in [4.78, 5) is 0. The maximum Gasteiger partial charge on any atom is 0.127 e. The Labute approximate surface area is 106 Å². The monoisotopic (exact) mass is 238 g/mol. The number of benzene rings is 2. The van der Waals surface area contributed by atoms with Crippen molar-refractivity contribution in [1.82, 2.24) is 9.78 Å². The molecule has 3 rings (SSSR count). The van der Waals surface area contributed by atoms with E-state index in [-0.39, 0.29) is 0 Å². The van der Waals surface area contributed by atoms with Gasteiger partial charge in [-0.25, -0.2) is 0 Å². The van der Waals surface area contributed by atoms with Crippen LogP contribution < -0.4 is 4.74 Å². The van der Waals surface area contributed by atoms with E-state index in [1.807, 2.05) is 43.7 Å². The van der Waals surface area contributed by atoms with E-state index in [4.69, 9.17) is 4.74 Å². The molecular weight excluding hydrogens is 224 g/mol. The second-order valence-corrected chi connectivity index (χ2v) is 4.29. The Balaban J connectivity index is 1.86. The Hall–Kier alpha value is -2.29. The summed E-state index contributed by atoms with van der Waals surface area (Å²) < 4.78 is 7.64. The zero-order valence-corrected chi connectivity index (χ0v) is 10.2. The quantitative estimate of drug-likeness (QED) is 0.701. The lowest BCUT2D eigenvalue weighted by atomic mass is 10.1. The third-order valence-electron chi connectivity index (χ3n) is 2.90. The largest absolute Gasteiger partial charge is 0.488 e. The molecule has 1 aromatic heterocycles.